The van der Waals surface area contributed by atoms with Gasteiger partial charge in [-0.1, -0.05) is 19.6 Å². The SMILES string of the molecule is C[Si](C)(C)NC(C=O)c1c[nH]c2cc(F)c(F)cc12. The largest absolute Gasteiger partial charge is 0.361 e. The molecule has 102 valence electrons. The van der Waals surface area contributed by atoms with E-state index in [0.29, 0.717) is 16.5 Å². The van der Waals surface area contributed by atoms with E-state index in [1.165, 1.54) is 0 Å². The predicted molar refractivity (Wildman–Crippen MR) is 73.5 cm³/mol. The fourth-order valence-electron chi connectivity index (χ4n) is 2.05. The Morgan fingerprint density at radius 1 is 1.26 bits per heavy atom. The maximum absolute atomic E-state index is 13.3. The lowest BCUT2D eigenvalue weighted by Crippen LogP contribution is -2.44. The van der Waals surface area contributed by atoms with E-state index in [4.69, 9.17) is 0 Å². The molecule has 0 spiro atoms. The number of hydrogen-bond donors (Lipinski definition) is 2. The van der Waals surface area contributed by atoms with Gasteiger partial charge >= 0.3 is 0 Å². The minimum atomic E-state index is -1.67. The van der Waals surface area contributed by atoms with E-state index < -0.39 is 25.9 Å². The number of rotatable bonds is 4. The normalized spacial score (nSPS) is 13.7. The molecule has 0 saturated heterocycles. The van der Waals surface area contributed by atoms with E-state index >= 15 is 0 Å². The van der Waals surface area contributed by atoms with Gasteiger partial charge in [-0.2, -0.15) is 0 Å². The summed E-state index contributed by atoms with van der Waals surface area (Å²) in [4.78, 5) is 17.4. The molecule has 0 saturated carbocycles. The summed E-state index contributed by atoms with van der Waals surface area (Å²) in [6, 6.07) is 1.72. The molecular formula is C13H16F2N2OSi. The summed E-state index contributed by atoms with van der Waals surface area (Å²) in [5, 5.41) is 0.529. The van der Waals surface area contributed by atoms with Gasteiger partial charge in [0, 0.05) is 28.7 Å². The van der Waals surface area contributed by atoms with E-state index in [0.717, 1.165) is 18.4 Å². The smallest absolute Gasteiger partial charge is 0.160 e. The van der Waals surface area contributed by atoms with Gasteiger partial charge in [-0.05, 0) is 6.07 Å². The van der Waals surface area contributed by atoms with Crippen molar-refractivity contribution in [2.75, 3.05) is 0 Å². The first kappa shape index (κ1) is 13.9. The lowest BCUT2D eigenvalue weighted by atomic mass is 10.1. The van der Waals surface area contributed by atoms with Crippen molar-refractivity contribution in [1.82, 2.24) is 9.97 Å². The van der Waals surface area contributed by atoms with E-state index in [9.17, 15) is 13.6 Å². The summed E-state index contributed by atoms with van der Waals surface area (Å²) in [5.41, 5.74) is 1.13. The van der Waals surface area contributed by atoms with Gasteiger partial charge in [0.05, 0.1) is 6.04 Å². The van der Waals surface area contributed by atoms with Crippen molar-refractivity contribution in [2.45, 2.75) is 25.7 Å². The van der Waals surface area contributed by atoms with Gasteiger partial charge in [0.15, 0.2) is 11.6 Å². The van der Waals surface area contributed by atoms with Crippen LogP contribution in [0, 0.1) is 11.6 Å². The first-order valence-corrected chi connectivity index (χ1v) is 9.51. The quantitative estimate of drug-likeness (QED) is 0.668. The molecule has 2 aromatic rings. The van der Waals surface area contributed by atoms with Gasteiger partial charge in [-0.25, -0.2) is 8.78 Å². The number of carbonyl (C=O) groups is 1. The number of aromatic amines is 1. The topological polar surface area (TPSA) is 44.9 Å². The third-order valence-corrected chi connectivity index (χ3v) is 3.99. The summed E-state index contributed by atoms with van der Waals surface area (Å²) >= 11 is 0. The van der Waals surface area contributed by atoms with Crippen LogP contribution in [-0.2, 0) is 4.79 Å². The van der Waals surface area contributed by atoms with Crippen molar-refractivity contribution in [3.8, 4) is 0 Å². The number of hydrogen-bond acceptors (Lipinski definition) is 2. The van der Waals surface area contributed by atoms with Crippen LogP contribution in [0.1, 0.15) is 11.6 Å². The Bertz CT molecular complexity index is 619. The van der Waals surface area contributed by atoms with Crippen LogP contribution in [0.5, 0.6) is 0 Å². The molecule has 2 N–H and O–H groups in total. The van der Waals surface area contributed by atoms with Crippen molar-refractivity contribution in [3.05, 3.63) is 35.5 Å². The molecule has 0 radical (unpaired) electrons. The third kappa shape index (κ3) is 2.90. The predicted octanol–water partition coefficient (Wildman–Crippen LogP) is 3.11. The van der Waals surface area contributed by atoms with Crippen molar-refractivity contribution in [2.24, 2.45) is 0 Å². The summed E-state index contributed by atoms with van der Waals surface area (Å²) in [7, 11) is -1.67. The maximum Gasteiger partial charge on any atom is 0.160 e. The van der Waals surface area contributed by atoms with Crippen LogP contribution in [0.2, 0.25) is 19.6 Å². The molecule has 1 aromatic heterocycles. The number of nitrogens with one attached hydrogen (secondary N) is 2. The van der Waals surface area contributed by atoms with E-state index in [2.05, 4.69) is 29.6 Å². The molecule has 1 aromatic carbocycles. The Kier molecular flexibility index (Phi) is 3.55. The van der Waals surface area contributed by atoms with Crippen LogP contribution in [-0.4, -0.2) is 19.5 Å². The zero-order valence-electron chi connectivity index (χ0n) is 11.1. The molecule has 0 fully saturated rings. The molecular weight excluding hydrogens is 266 g/mol. The molecule has 0 aliphatic heterocycles. The number of aldehydes is 1. The summed E-state index contributed by atoms with van der Waals surface area (Å²) < 4.78 is 26.5. The number of H-pyrrole nitrogens is 1. The zero-order chi connectivity index (χ0) is 14.2. The molecule has 0 aliphatic rings. The van der Waals surface area contributed by atoms with Crippen LogP contribution >= 0.6 is 0 Å². The fourth-order valence-corrected chi connectivity index (χ4v) is 3.20. The highest BCUT2D eigenvalue weighted by Gasteiger charge is 2.23. The van der Waals surface area contributed by atoms with Gasteiger partial charge < -0.3 is 14.8 Å². The standard InChI is InChI=1S/C13H16F2N2OSi/c1-19(2,3)17-13(7-18)9-6-16-12-5-11(15)10(14)4-8(9)12/h4-7,13,16-17H,1-3H3. The monoisotopic (exact) mass is 282 g/mol. The van der Waals surface area contributed by atoms with E-state index in [-0.39, 0.29) is 0 Å². The molecule has 2 rings (SSSR count). The lowest BCUT2D eigenvalue weighted by Gasteiger charge is -2.23. The Hall–Kier alpha value is -1.53. The minimum Gasteiger partial charge on any atom is -0.361 e. The zero-order valence-corrected chi connectivity index (χ0v) is 12.1. The van der Waals surface area contributed by atoms with Gasteiger partial charge in [-0.3, -0.25) is 0 Å². The van der Waals surface area contributed by atoms with Gasteiger partial charge in [0.1, 0.15) is 14.5 Å². The summed E-state index contributed by atoms with van der Waals surface area (Å²) in [5.74, 6) is -1.81. The molecule has 6 heteroatoms. The number of halogens is 2. The summed E-state index contributed by atoms with van der Waals surface area (Å²) in [6.07, 6.45) is 2.41. The molecule has 1 atom stereocenters. The highest BCUT2D eigenvalue weighted by Crippen LogP contribution is 2.26. The second-order valence-electron chi connectivity index (χ2n) is 5.56. The number of fused-ring (bicyclic) bond motifs is 1. The van der Waals surface area contributed by atoms with Crippen LogP contribution in [0.25, 0.3) is 10.9 Å². The Labute approximate surface area is 111 Å². The number of aromatic nitrogens is 1. The van der Waals surface area contributed by atoms with Gasteiger partial charge in [0.25, 0.3) is 0 Å². The minimum absolute atomic E-state index is 0.484. The highest BCUT2D eigenvalue weighted by molar-refractivity contribution is 6.73. The number of carbonyl (C=O) groups excluding carboxylic acids is 1. The van der Waals surface area contributed by atoms with E-state index in [1.54, 1.807) is 6.20 Å². The van der Waals surface area contributed by atoms with Gasteiger partial charge in [0.2, 0.25) is 0 Å². The molecule has 3 nitrogen and oxygen atoms in total. The van der Waals surface area contributed by atoms with Crippen LogP contribution in [0.4, 0.5) is 8.78 Å². The Morgan fingerprint density at radius 3 is 2.47 bits per heavy atom. The average molecular weight is 282 g/mol. The third-order valence-electron chi connectivity index (χ3n) is 2.81. The highest BCUT2D eigenvalue weighted by atomic mass is 28.3. The molecule has 0 amide bonds. The molecule has 1 unspecified atom stereocenters. The van der Waals surface area contributed by atoms with Crippen LogP contribution < -0.4 is 4.98 Å². The van der Waals surface area contributed by atoms with Crippen LogP contribution in [0.15, 0.2) is 18.3 Å². The van der Waals surface area contributed by atoms with Crippen molar-refractivity contribution < 1.29 is 13.6 Å². The first-order valence-electron chi connectivity index (χ1n) is 6.01. The van der Waals surface area contributed by atoms with Crippen molar-refractivity contribution >= 4 is 25.4 Å². The van der Waals surface area contributed by atoms with Crippen LogP contribution in [0.3, 0.4) is 0 Å². The van der Waals surface area contributed by atoms with Gasteiger partial charge in [-0.15, -0.1) is 0 Å². The second-order valence-corrected chi connectivity index (χ2v) is 10.4. The Balaban J connectivity index is 2.49. The lowest BCUT2D eigenvalue weighted by molar-refractivity contribution is -0.109. The van der Waals surface area contributed by atoms with Crippen molar-refractivity contribution in [1.29, 1.82) is 0 Å². The molecule has 19 heavy (non-hydrogen) atoms. The first-order chi connectivity index (χ1) is 8.81. The molecule has 0 aliphatic carbocycles. The molecule has 0 bridgehead atoms. The maximum atomic E-state index is 13.3. The fraction of sp³-hybridized carbons (Fsp3) is 0.308. The van der Waals surface area contributed by atoms with E-state index in [1.807, 2.05) is 0 Å². The average Bonchev–Trinajstić information content (AvgIpc) is 2.68. The second kappa shape index (κ2) is 4.86. The number of benzene rings is 1. The Morgan fingerprint density at radius 2 is 1.89 bits per heavy atom. The van der Waals surface area contributed by atoms with Crippen molar-refractivity contribution in [3.63, 3.8) is 0 Å². The summed E-state index contributed by atoms with van der Waals surface area (Å²) in [6.45, 7) is 6.20. The molecule has 1 heterocycles.